The van der Waals surface area contributed by atoms with Gasteiger partial charge in [0.2, 0.25) is 5.88 Å². The van der Waals surface area contributed by atoms with E-state index in [4.69, 9.17) is 0 Å². The molecule has 0 radical (unpaired) electrons. The summed E-state index contributed by atoms with van der Waals surface area (Å²) in [4.78, 5) is 25.2. The number of aromatic nitrogens is 1. The van der Waals surface area contributed by atoms with Gasteiger partial charge in [-0.05, 0) is 6.92 Å². The van der Waals surface area contributed by atoms with Crippen LogP contribution in [-0.2, 0) is 15.0 Å². The second-order valence-electron chi connectivity index (χ2n) is 3.41. The van der Waals surface area contributed by atoms with Gasteiger partial charge in [0, 0.05) is 11.6 Å². The van der Waals surface area contributed by atoms with Crippen molar-refractivity contribution in [3.63, 3.8) is 0 Å². The van der Waals surface area contributed by atoms with Gasteiger partial charge in [0.15, 0.2) is 0 Å². The number of carbonyl (C=O) groups excluding carboxylic acids is 2. The number of nitrogens with zero attached hydrogens (tertiary/aromatic N) is 1. The van der Waals surface area contributed by atoms with E-state index in [2.05, 4.69) is 9.72 Å². The Labute approximate surface area is 152 Å². The average molecular weight is 287 g/mol. The maximum Gasteiger partial charge on any atom is 1.00 e. The zero-order valence-corrected chi connectivity index (χ0v) is 15.0. The molecule has 1 aromatic heterocycles. The topological polar surface area (TPSA) is 102 Å². The predicted molar refractivity (Wildman–Crippen MR) is 48.1 cm³/mol. The van der Waals surface area contributed by atoms with E-state index in [-0.39, 0.29) is 65.0 Å². The Balaban J connectivity index is 0. The van der Waals surface area contributed by atoms with E-state index < -0.39 is 28.7 Å². The number of carboxylic acids is 2. The van der Waals surface area contributed by atoms with E-state index in [1.54, 1.807) is 0 Å². The molecule has 0 unspecified atom stereocenters. The van der Waals surface area contributed by atoms with Gasteiger partial charge in [0.25, 0.3) is 0 Å². The summed E-state index contributed by atoms with van der Waals surface area (Å²) >= 11 is 0. The second kappa shape index (κ2) is 8.18. The number of rotatable bonds is 4. The Morgan fingerprint density at radius 2 is 1.79 bits per heavy atom. The van der Waals surface area contributed by atoms with Crippen molar-refractivity contribution in [1.29, 1.82) is 0 Å². The third-order valence-electron chi connectivity index (χ3n) is 2.39. The minimum absolute atomic E-state index is 0. The van der Waals surface area contributed by atoms with E-state index in [1.165, 1.54) is 7.11 Å². The molecule has 0 fully saturated rings. The molecule has 0 aliphatic heterocycles. The van der Waals surface area contributed by atoms with Crippen molar-refractivity contribution < 1.29 is 88.0 Å². The number of carbonyl (C=O) groups is 2. The smallest absolute Gasteiger partial charge is 0.549 e. The first-order valence-corrected chi connectivity index (χ1v) is 4.47. The molecule has 0 saturated carbocycles. The summed E-state index contributed by atoms with van der Waals surface area (Å²) in [6.45, 7) is 0.773. The molecule has 92 valence electrons. The largest absolute Gasteiger partial charge is 1.00 e. The Morgan fingerprint density at radius 1 is 1.32 bits per heavy atom. The van der Waals surface area contributed by atoms with Crippen molar-refractivity contribution in [3.05, 3.63) is 23.6 Å². The minimum atomic E-state index is -2.61. The number of pyridine rings is 1. The van der Waals surface area contributed by atoms with Crippen LogP contribution in [0.15, 0.2) is 12.3 Å². The third-order valence-corrected chi connectivity index (χ3v) is 2.39. The monoisotopic (exact) mass is 287 g/mol. The van der Waals surface area contributed by atoms with Crippen molar-refractivity contribution in [2.24, 2.45) is 0 Å². The molecular formula is C10H8FNNa2O5. The molecule has 1 rings (SSSR count). The summed E-state index contributed by atoms with van der Waals surface area (Å²) in [7, 11) is 1.22. The zero-order chi connectivity index (χ0) is 13.2. The molecule has 0 aliphatic rings. The fraction of sp³-hybridized carbons (Fsp3) is 0.300. The number of hydrogen-bond donors (Lipinski definition) is 0. The van der Waals surface area contributed by atoms with Gasteiger partial charge >= 0.3 is 59.1 Å². The molecule has 6 nitrogen and oxygen atoms in total. The Kier molecular flexibility index (Phi) is 9.10. The Morgan fingerprint density at radius 3 is 2.16 bits per heavy atom. The summed E-state index contributed by atoms with van der Waals surface area (Å²) in [6, 6.07) is 0.876. The summed E-state index contributed by atoms with van der Waals surface area (Å²) in [5, 5.41) is 21.7. The van der Waals surface area contributed by atoms with Gasteiger partial charge in [0.1, 0.15) is 5.82 Å². The Hall–Kier alpha value is -0.180. The van der Waals surface area contributed by atoms with E-state index in [0.29, 0.717) is 6.20 Å². The predicted octanol–water partition coefficient (Wildman–Crippen LogP) is -8.01. The van der Waals surface area contributed by atoms with Gasteiger partial charge in [-0.3, -0.25) is 0 Å². The van der Waals surface area contributed by atoms with Crippen LogP contribution in [0, 0.1) is 5.82 Å². The first kappa shape index (κ1) is 21.1. The van der Waals surface area contributed by atoms with Crippen LogP contribution in [0.1, 0.15) is 12.5 Å². The fourth-order valence-corrected chi connectivity index (χ4v) is 1.22. The molecule has 0 aliphatic carbocycles. The van der Waals surface area contributed by atoms with Gasteiger partial charge in [-0.15, -0.1) is 0 Å². The van der Waals surface area contributed by atoms with E-state index in [0.717, 1.165) is 13.0 Å². The summed E-state index contributed by atoms with van der Waals surface area (Å²) < 4.78 is 18.1. The van der Waals surface area contributed by atoms with E-state index >= 15 is 0 Å². The number of aliphatic carboxylic acids is 2. The summed E-state index contributed by atoms with van der Waals surface area (Å²) in [5.41, 5.74) is -3.25. The number of methoxy groups -OCH3 is 1. The number of hydrogen-bond acceptors (Lipinski definition) is 6. The Bertz CT molecular complexity index is 469. The van der Waals surface area contributed by atoms with E-state index in [1.807, 2.05) is 0 Å². The molecule has 0 bridgehead atoms. The van der Waals surface area contributed by atoms with Crippen LogP contribution in [0.4, 0.5) is 4.39 Å². The molecule has 0 atom stereocenters. The second-order valence-corrected chi connectivity index (χ2v) is 3.41. The van der Waals surface area contributed by atoms with Gasteiger partial charge in [-0.1, -0.05) is 0 Å². The molecule has 1 heterocycles. The molecule has 1 aromatic rings. The van der Waals surface area contributed by atoms with Crippen molar-refractivity contribution in [2.75, 3.05) is 7.11 Å². The standard InChI is InChI=1S/C10H10FNO5.2Na/c1-10(8(13)14,9(15)16)5-3-7(17-2)12-4-6(5)11;;/h3-4H,1-2H3,(H,13,14)(H,15,16);;/q;2*+1/p-2. The number of halogens is 1. The SMILES string of the molecule is COc1cc(C(C)(C(=O)[O-])C(=O)[O-])c(F)cn1.[Na+].[Na+]. The minimum Gasteiger partial charge on any atom is -0.549 e. The summed E-state index contributed by atoms with van der Waals surface area (Å²) in [5.74, 6) is -5.17. The first-order chi connectivity index (χ1) is 7.83. The maximum absolute atomic E-state index is 13.4. The van der Waals surface area contributed by atoms with E-state index in [9.17, 15) is 24.2 Å². The molecule has 9 heteroatoms. The van der Waals surface area contributed by atoms with Gasteiger partial charge in [0.05, 0.1) is 30.7 Å². The van der Waals surface area contributed by atoms with Crippen molar-refractivity contribution in [2.45, 2.75) is 12.3 Å². The van der Waals surface area contributed by atoms with Crippen molar-refractivity contribution in [1.82, 2.24) is 4.98 Å². The molecule has 19 heavy (non-hydrogen) atoms. The van der Waals surface area contributed by atoms with Gasteiger partial charge < -0.3 is 24.5 Å². The summed E-state index contributed by atoms with van der Waals surface area (Å²) in [6.07, 6.45) is 0.665. The number of carboxylic acid groups (broad SMARTS) is 2. The van der Waals surface area contributed by atoms with Crippen LogP contribution in [0.5, 0.6) is 5.88 Å². The van der Waals surface area contributed by atoms with Crippen molar-refractivity contribution >= 4 is 11.9 Å². The van der Waals surface area contributed by atoms with Crippen LogP contribution in [0.3, 0.4) is 0 Å². The van der Waals surface area contributed by atoms with Gasteiger partial charge in [-0.2, -0.15) is 0 Å². The fourth-order valence-electron chi connectivity index (χ4n) is 1.22. The van der Waals surface area contributed by atoms with Crippen LogP contribution in [-0.4, -0.2) is 24.0 Å². The first-order valence-electron chi connectivity index (χ1n) is 4.47. The molecule has 0 spiro atoms. The molecule has 0 amide bonds. The molecule has 0 saturated heterocycles. The number of ether oxygens (including phenoxy) is 1. The zero-order valence-electron chi connectivity index (χ0n) is 11.0. The quantitative estimate of drug-likeness (QED) is 0.402. The average Bonchev–Trinajstić information content (AvgIpc) is 2.28. The van der Waals surface area contributed by atoms with Crippen molar-refractivity contribution in [3.8, 4) is 5.88 Å². The third kappa shape index (κ3) is 4.14. The maximum atomic E-state index is 13.4. The van der Waals surface area contributed by atoms with Crippen LogP contribution >= 0.6 is 0 Å². The molecule has 0 N–H and O–H groups in total. The van der Waals surface area contributed by atoms with Crippen LogP contribution in [0.2, 0.25) is 0 Å². The normalized spacial score (nSPS) is 9.84. The van der Waals surface area contributed by atoms with Crippen LogP contribution in [0.25, 0.3) is 0 Å². The molecule has 0 aromatic carbocycles. The van der Waals surface area contributed by atoms with Gasteiger partial charge in [-0.25, -0.2) is 9.37 Å². The molecular weight excluding hydrogens is 279 g/mol. The van der Waals surface area contributed by atoms with Crippen LogP contribution < -0.4 is 74.1 Å².